The zero-order valence-electron chi connectivity index (χ0n) is 12.5. The minimum Gasteiger partial charge on any atom is -0.327 e. The third-order valence-corrected chi connectivity index (χ3v) is 5.56. The summed E-state index contributed by atoms with van der Waals surface area (Å²) in [6.07, 6.45) is 5.86. The van der Waals surface area contributed by atoms with Crippen LogP contribution in [0.2, 0.25) is 0 Å². The standard InChI is InChI=1S/C15H22IN4P/c1-5-17-15-14(11(4)19-16)18-8-20(15)13-6-12(7-21)9(2)10(13)3/h5,8-9,12-13,19H,3-4,6-7,21H2,1-2H3. The first kappa shape index (κ1) is 16.7. The quantitative estimate of drug-likeness (QED) is 0.258. The summed E-state index contributed by atoms with van der Waals surface area (Å²) >= 11 is 2.07. The molecule has 0 spiro atoms. The fourth-order valence-corrected chi connectivity index (χ4v) is 3.79. The highest BCUT2D eigenvalue weighted by Crippen LogP contribution is 2.45. The van der Waals surface area contributed by atoms with Crippen molar-refractivity contribution in [1.82, 2.24) is 13.1 Å². The highest BCUT2D eigenvalue weighted by atomic mass is 127. The molecule has 21 heavy (non-hydrogen) atoms. The van der Waals surface area contributed by atoms with Crippen molar-refractivity contribution < 1.29 is 0 Å². The van der Waals surface area contributed by atoms with Crippen LogP contribution in [0.1, 0.15) is 32.0 Å². The van der Waals surface area contributed by atoms with Crippen molar-refractivity contribution >= 4 is 49.8 Å². The van der Waals surface area contributed by atoms with Gasteiger partial charge in [0.25, 0.3) is 0 Å². The molecule has 0 aromatic carbocycles. The second kappa shape index (κ2) is 7.05. The van der Waals surface area contributed by atoms with Gasteiger partial charge in [-0.2, -0.15) is 0 Å². The summed E-state index contributed by atoms with van der Waals surface area (Å²) in [7, 11) is 2.86. The number of nitrogens with one attached hydrogen (secondary N) is 1. The molecule has 4 nitrogen and oxygen atoms in total. The predicted molar refractivity (Wildman–Crippen MR) is 102 cm³/mol. The molecule has 4 atom stereocenters. The Morgan fingerprint density at radius 1 is 1.71 bits per heavy atom. The van der Waals surface area contributed by atoms with Crippen LogP contribution >= 0.6 is 32.1 Å². The number of allylic oxidation sites excluding steroid dienone is 1. The maximum atomic E-state index is 4.52. The first-order valence-corrected chi connectivity index (χ1v) is 8.94. The van der Waals surface area contributed by atoms with Crippen molar-refractivity contribution in [3.63, 3.8) is 0 Å². The number of imidazole rings is 1. The average Bonchev–Trinajstić information content (AvgIpc) is 3.01. The fraction of sp³-hybridized carbons (Fsp3) is 0.467. The number of hydrogen-bond donors (Lipinski definition) is 1. The highest BCUT2D eigenvalue weighted by molar-refractivity contribution is 14.1. The van der Waals surface area contributed by atoms with Crippen LogP contribution in [-0.4, -0.2) is 21.9 Å². The summed E-state index contributed by atoms with van der Waals surface area (Å²) in [5.41, 5.74) is 2.85. The number of rotatable bonds is 5. The summed E-state index contributed by atoms with van der Waals surface area (Å²) in [6.45, 7) is 12.5. The van der Waals surface area contributed by atoms with Crippen LogP contribution in [0.25, 0.3) is 5.70 Å². The molecular formula is C15H22IN4P. The first-order valence-electron chi connectivity index (χ1n) is 7.05. The molecule has 0 radical (unpaired) electrons. The van der Waals surface area contributed by atoms with E-state index in [1.54, 1.807) is 6.21 Å². The molecule has 0 saturated heterocycles. The van der Waals surface area contributed by atoms with E-state index in [0.29, 0.717) is 11.8 Å². The minimum atomic E-state index is 0.271. The third-order valence-electron chi connectivity index (χ3n) is 4.30. The Labute approximate surface area is 142 Å². The van der Waals surface area contributed by atoms with Gasteiger partial charge in [-0.15, -0.1) is 9.24 Å². The van der Waals surface area contributed by atoms with Gasteiger partial charge in [0.15, 0.2) is 5.82 Å². The van der Waals surface area contributed by atoms with E-state index in [0.717, 1.165) is 29.8 Å². The predicted octanol–water partition coefficient (Wildman–Crippen LogP) is 4.14. The lowest BCUT2D eigenvalue weighted by atomic mass is 9.98. The normalized spacial score (nSPS) is 25.7. The van der Waals surface area contributed by atoms with E-state index in [-0.39, 0.29) is 6.04 Å². The van der Waals surface area contributed by atoms with E-state index in [1.807, 2.05) is 13.3 Å². The van der Waals surface area contributed by atoms with E-state index >= 15 is 0 Å². The smallest absolute Gasteiger partial charge is 0.162 e. The molecule has 1 aliphatic carbocycles. The Morgan fingerprint density at radius 2 is 2.43 bits per heavy atom. The molecule has 1 aliphatic rings. The van der Waals surface area contributed by atoms with Gasteiger partial charge in [-0.05, 0) is 31.3 Å². The SMILES string of the molecule is C=C(NI)c1ncn(C2CC(CP)C(C)C2=C)c1N=CC. The Balaban J connectivity index is 2.43. The van der Waals surface area contributed by atoms with Gasteiger partial charge in [0.1, 0.15) is 5.69 Å². The first-order chi connectivity index (χ1) is 10.0. The second-order valence-corrected chi connectivity index (χ2v) is 6.41. The lowest BCUT2D eigenvalue weighted by Gasteiger charge is -2.16. The van der Waals surface area contributed by atoms with Gasteiger partial charge in [-0.1, -0.05) is 25.7 Å². The van der Waals surface area contributed by atoms with Crippen LogP contribution < -0.4 is 3.53 Å². The molecule has 1 saturated carbocycles. The summed E-state index contributed by atoms with van der Waals surface area (Å²) < 4.78 is 5.17. The number of hydrogen-bond acceptors (Lipinski definition) is 3. The Hall–Kier alpha value is -0.680. The van der Waals surface area contributed by atoms with E-state index in [4.69, 9.17) is 0 Å². The van der Waals surface area contributed by atoms with E-state index in [1.165, 1.54) is 5.57 Å². The largest absolute Gasteiger partial charge is 0.327 e. The van der Waals surface area contributed by atoms with Gasteiger partial charge in [0, 0.05) is 6.21 Å². The van der Waals surface area contributed by atoms with Crippen molar-refractivity contribution in [3.8, 4) is 0 Å². The van der Waals surface area contributed by atoms with Gasteiger partial charge in [-0.3, -0.25) is 0 Å². The van der Waals surface area contributed by atoms with Gasteiger partial charge >= 0.3 is 0 Å². The summed E-state index contributed by atoms with van der Waals surface area (Å²) in [6, 6.07) is 0.271. The van der Waals surface area contributed by atoms with Crippen LogP contribution in [0.4, 0.5) is 5.82 Å². The molecular weight excluding hydrogens is 394 g/mol. The van der Waals surface area contributed by atoms with Crippen LogP contribution in [-0.2, 0) is 0 Å². The molecule has 1 heterocycles. The lowest BCUT2D eigenvalue weighted by Crippen LogP contribution is -2.06. The minimum absolute atomic E-state index is 0.271. The molecule has 2 rings (SSSR count). The maximum Gasteiger partial charge on any atom is 0.162 e. The molecule has 0 aliphatic heterocycles. The van der Waals surface area contributed by atoms with Gasteiger partial charge in [0.2, 0.25) is 0 Å². The van der Waals surface area contributed by atoms with Gasteiger partial charge in [0.05, 0.1) is 40.9 Å². The fourth-order valence-electron chi connectivity index (χ4n) is 2.93. The molecule has 0 bridgehead atoms. The zero-order valence-corrected chi connectivity index (χ0v) is 15.8. The molecule has 0 amide bonds. The van der Waals surface area contributed by atoms with Crippen LogP contribution in [0.5, 0.6) is 0 Å². The Kier molecular flexibility index (Phi) is 5.60. The van der Waals surface area contributed by atoms with E-state index < -0.39 is 0 Å². The van der Waals surface area contributed by atoms with Gasteiger partial charge < -0.3 is 8.10 Å². The molecule has 6 heteroatoms. The summed E-state index contributed by atoms with van der Waals surface area (Å²) in [4.78, 5) is 9.01. The summed E-state index contributed by atoms with van der Waals surface area (Å²) in [5.74, 6) is 2.04. The summed E-state index contributed by atoms with van der Waals surface area (Å²) in [5, 5.41) is 0. The highest BCUT2D eigenvalue weighted by Gasteiger charge is 2.36. The average molecular weight is 416 g/mol. The van der Waals surface area contributed by atoms with Crippen molar-refractivity contribution in [1.29, 1.82) is 0 Å². The van der Waals surface area contributed by atoms with Crippen LogP contribution in [0, 0.1) is 11.8 Å². The van der Waals surface area contributed by atoms with Crippen molar-refractivity contribution in [3.05, 3.63) is 30.8 Å². The van der Waals surface area contributed by atoms with Crippen molar-refractivity contribution in [2.75, 3.05) is 6.16 Å². The molecule has 1 aromatic heterocycles. The van der Waals surface area contributed by atoms with E-state index in [9.17, 15) is 0 Å². The van der Waals surface area contributed by atoms with Crippen LogP contribution in [0.3, 0.4) is 0 Å². The molecule has 114 valence electrons. The molecule has 1 fully saturated rings. The number of aliphatic imine (C=N–C) groups is 1. The molecule has 4 unspecified atom stereocenters. The Morgan fingerprint density at radius 3 is 2.95 bits per heavy atom. The second-order valence-electron chi connectivity index (χ2n) is 5.40. The molecule has 1 aromatic rings. The van der Waals surface area contributed by atoms with Gasteiger partial charge in [-0.25, -0.2) is 9.98 Å². The number of aromatic nitrogens is 2. The van der Waals surface area contributed by atoms with Crippen molar-refractivity contribution in [2.45, 2.75) is 26.3 Å². The molecule has 1 N–H and O–H groups in total. The number of halogens is 1. The lowest BCUT2D eigenvalue weighted by molar-refractivity contribution is 0.477. The monoisotopic (exact) mass is 416 g/mol. The topological polar surface area (TPSA) is 42.2 Å². The van der Waals surface area contributed by atoms with Crippen LogP contribution in [0.15, 0.2) is 30.1 Å². The number of nitrogens with zero attached hydrogens (tertiary/aromatic N) is 3. The third kappa shape index (κ3) is 3.09. The Bertz CT molecular complexity index is 578. The van der Waals surface area contributed by atoms with E-state index in [2.05, 4.69) is 70.3 Å². The maximum absolute atomic E-state index is 4.52. The zero-order chi connectivity index (χ0) is 15.6. The van der Waals surface area contributed by atoms with Crippen molar-refractivity contribution in [2.24, 2.45) is 16.8 Å².